The lowest BCUT2D eigenvalue weighted by molar-refractivity contribution is -0.145. The third kappa shape index (κ3) is 4.57. The summed E-state index contributed by atoms with van der Waals surface area (Å²) in [6.07, 6.45) is 2.62. The van der Waals surface area contributed by atoms with E-state index < -0.39 is 5.97 Å². The summed E-state index contributed by atoms with van der Waals surface area (Å²) in [6, 6.07) is 2.01. The molecule has 0 aromatic carbocycles. The summed E-state index contributed by atoms with van der Waals surface area (Å²) in [5.74, 6) is 1.27. The molecule has 2 aliphatic rings. The maximum absolute atomic E-state index is 12.8. The third-order valence-corrected chi connectivity index (χ3v) is 5.72. The molecule has 1 aromatic heterocycles. The highest BCUT2D eigenvalue weighted by molar-refractivity contribution is 5.79. The van der Waals surface area contributed by atoms with Crippen molar-refractivity contribution in [2.24, 2.45) is 11.8 Å². The fraction of sp³-hybridized carbons (Fsp3) is 0.700. The van der Waals surface area contributed by atoms with Crippen LogP contribution in [-0.4, -0.2) is 58.0 Å². The van der Waals surface area contributed by atoms with Crippen molar-refractivity contribution in [2.75, 3.05) is 31.1 Å². The smallest absolute Gasteiger partial charge is 0.306 e. The van der Waals surface area contributed by atoms with Gasteiger partial charge in [-0.25, -0.2) is 9.97 Å². The van der Waals surface area contributed by atoms with Gasteiger partial charge in [0.05, 0.1) is 5.92 Å². The van der Waals surface area contributed by atoms with Gasteiger partial charge in [0.15, 0.2) is 0 Å². The molecule has 7 nitrogen and oxygen atoms in total. The van der Waals surface area contributed by atoms with Gasteiger partial charge >= 0.3 is 5.97 Å². The van der Waals surface area contributed by atoms with Gasteiger partial charge in [0.25, 0.3) is 0 Å². The molecule has 1 N–H and O–H groups in total. The van der Waals surface area contributed by atoms with Crippen molar-refractivity contribution in [3.05, 3.63) is 17.6 Å². The summed E-state index contributed by atoms with van der Waals surface area (Å²) >= 11 is 0. The topological polar surface area (TPSA) is 86.6 Å². The van der Waals surface area contributed by atoms with Gasteiger partial charge in [-0.3, -0.25) is 9.59 Å². The van der Waals surface area contributed by atoms with Gasteiger partial charge in [0, 0.05) is 49.8 Å². The van der Waals surface area contributed by atoms with Gasteiger partial charge < -0.3 is 14.9 Å². The van der Waals surface area contributed by atoms with Crippen LogP contribution in [0.3, 0.4) is 0 Å². The van der Waals surface area contributed by atoms with E-state index in [4.69, 9.17) is 10.1 Å². The van der Waals surface area contributed by atoms with E-state index in [1.165, 1.54) is 0 Å². The molecule has 1 amide bonds. The quantitative estimate of drug-likeness (QED) is 0.871. The number of piperazine rings is 1. The number of nitrogens with zero attached hydrogens (tertiary/aromatic N) is 4. The van der Waals surface area contributed by atoms with E-state index in [-0.39, 0.29) is 23.7 Å². The second-order valence-electron chi connectivity index (χ2n) is 8.08. The van der Waals surface area contributed by atoms with Gasteiger partial charge in [-0.05, 0) is 32.6 Å². The van der Waals surface area contributed by atoms with Crippen LogP contribution in [0.25, 0.3) is 0 Å². The summed E-state index contributed by atoms with van der Waals surface area (Å²) in [7, 11) is 0. The number of anilines is 1. The minimum absolute atomic E-state index is 0.0130. The zero-order chi connectivity index (χ0) is 19.6. The molecular weight excluding hydrogens is 344 g/mol. The van der Waals surface area contributed by atoms with Crippen LogP contribution in [0.1, 0.15) is 57.0 Å². The van der Waals surface area contributed by atoms with Gasteiger partial charge in [-0.1, -0.05) is 13.8 Å². The Hall–Kier alpha value is -2.18. The van der Waals surface area contributed by atoms with E-state index in [0.717, 1.165) is 30.4 Å². The van der Waals surface area contributed by atoms with Crippen molar-refractivity contribution in [3.63, 3.8) is 0 Å². The Morgan fingerprint density at radius 3 is 2.19 bits per heavy atom. The SMILES string of the molecule is Cc1cc(N2CCN(C(=O)C3CCC(C(=O)O)CC3)CC2)nc(C(C)C)n1. The maximum atomic E-state index is 12.8. The fourth-order valence-corrected chi connectivity index (χ4v) is 4.00. The lowest BCUT2D eigenvalue weighted by Crippen LogP contribution is -2.51. The van der Waals surface area contributed by atoms with Crippen molar-refractivity contribution in [1.82, 2.24) is 14.9 Å². The van der Waals surface area contributed by atoms with E-state index in [0.29, 0.717) is 38.8 Å². The molecule has 1 aromatic rings. The van der Waals surface area contributed by atoms with E-state index in [2.05, 4.69) is 23.7 Å². The molecule has 7 heteroatoms. The second-order valence-corrected chi connectivity index (χ2v) is 8.08. The number of aliphatic carboxylic acids is 1. The Morgan fingerprint density at radius 2 is 1.63 bits per heavy atom. The van der Waals surface area contributed by atoms with Crippen LogP contribution in [-0.2, 0) is 9.59 Å². The van der Waals surface area contributed by atoms with Crippen LogP contribution < -0.4 is 4.90 Å². The first-order chi connectivity index (χ1) is 12.8. The van der Waals surface area contributed by atoms with Gasteiger partial charge in [-0.15, -0.1) is 0 Å². The first kappa shape index (κ1) is 19.6. The standard InChI is InChI=1S/C20H30N4O3/c1-13(2)18-21-14(3)12-17(22-18)23-8-10-24(11-9-23)19(25)15-4-6-16(7-5-15)20(26)27/h12-13,15-16H,4-11H2,1-3H3,(H,26,27). The van der Waals surface area contributed by atoms with Crippen LogP contribution in [0, 0.1) is 18.8 Å². The highest BCUT2D eigenvalue weighted by atomic mass is 16.4. The molecule has 0 atom stereocenters. The lowest BCUT2D eigenvalue weighted by atomic mass is 9.81. The van der Waals surface area contributed by atoms with Crippen LogP contribution in [0.5, 0.6) is 0 Å². The van der Waals surface area contributed by atoms with Crippen LogP contribution in [0.15, 0.2) is 6.07 Å². The summed E-state index contributed by atoms with van der Waals surface area (Å²) < 4.78 is 0. The lowest BCUT2D eigenvalue weighted by Gasteiger charge is -2.38. The Morgan fingerprint density at radius 1 is 1.04 bits per heavy atom. The zero-order valence-electron chi connectivity index (χ0n) is 16.5. The maximum Gasteiger partial charge on any atom is 0.306 e. The molecular formula is C20H30N4O3. The Labute approximate surface area is 160 Å². The molecule has 148 valence electrons. The number of carboxylic acid groups (broad SMARTS) is 1. The van der Waals surface area contributed by atoms with Crippen LogP contribution in [0.4, 0.5) is 5.82 Å². The number of aromatic nitrogens is 2. The molecule has 1 aliphatic heterocycles. The molecule has 2 heterocycles. The average molecular weight is 374 g/mol. The molecule has 1 aliphatic carbocycles. The predicted octanol–water partition coefficient (Wildman–Crippen LogP) is 2.45. The molecule has 2 fully saturated rings. The summed E-state index contributed by atoms with van der Waals surface area (Å²) in [6.45, 7) is 9.09. The molecule has 0 spiro atoms. The number of carbonyl (C=O) groups is 2. The highest BCUT2D eigenvalue weighted by Gasteiger charge is 2.33. The third-order valence-electron chi connectivity index (χ3n) is 5.72. The second kappa shape index (κ2) is 8.23. The zero-order valence-corrected chi connectivity index (χ0v) is 16.5. The van der Waals surface area contributed by atoms with E-state index in [9.17, 15) is 9.59 Å². The Bertz CT molecular complexity index is 690. The molecule has 3 rings (SSSR count). The van der Waals surface area contributed by atoms with Crippen molar-refractivity contribution in [2.45, 2.75) is 52.4 Å². The summed E-state index contributed by atoms with van der Waals surface area (Å²) in [5, 5.41) is 9.11. The normalized spacial score (nSPS) is 23.6. The van der Waals surface area contributed by atoms with Crippen molar-refractivity contribution in [3.8, 4) is 0 Å². The predicted molar refractivity (Wildman–Crippen MR) is 103 cm³/mol. The molecule has 1 saturated carbocycles. The first-order valence-corrected chi connectivity index (χ1v) is 9.97. The minimum atomic E-state index is -0.726. The number of hydrogen-bond acceptors (Lipinski definition) is 5. The number of hydrogen-bond donors (Lipinski definition) is 1. The first-order valence-electron chi connectivity index (χ1n) is 9.97. The largest absolute Gasteiger partial charge is 0.481 e. The molecule has 27 heavy (non-hydrogen) atoms. The van der Waals surface area contributed by atoms with E-state index in [1.54, 1.807) is 0 Å². The summed E-state index contributed by atoms with van der Waals surface area (Å²) in [5.41, 5.74) is 0.970. The number of carboxylic acids is 1. The van der Waals surface area contributed by atoms with E-state index >= 15 is 0 Å². The monoisotopic (exact) mass is 374 g/mol. The van der Waals surface area contributed by atoms with Gasteiger partial charge in [0.2, 0.25) is 5.91 Å². The number of amides is 1. The molecule has 0 unspecified atom stereocenters. The van der Waals surface area contributed by atoms with Gasteiger partial charge in [0.1, 0.15) is 11.6 Å². The van der Waals surface area contributed by atoms with Crippen LogP contribution >= 0.6 is 0 Å². The van der Waals surface area contributed by atoms with Crippen molar-refractivity contribution < 1.29 is 14.7 Å². The molecule has 1 saturated heterocycles. The summed E-state index contributed by atoms with van der Waals surface area (Å²) in [4.78, 5) is 37.3. The van der Waals surface area contributed by atoms with Crippen molar-refractivity contribution >= 4 is 17.7 Å². The minimum Gasteiger partial charge on any atom is -0.481 e. The molecule has 0 bridgehead atoms. The average Bonchev–Trinajstić information content (AvgIpc) is 2.67. The number of aryl methyl sites for hydroxylation is 1. The highest BCUT2D eigenvalue weighted by Crippen LogP contribution is 2.30. The number of rotatable bonds is 4. The van der Waals surface area contributed by atoms with Gasteiger partial charge in [-0.2, -0.15) is 0 Å². The number of carbonyl (C=O) groups excluding carboxylic acids is 1. The van der Waals surface area contributed by atoms with E-state index in [1.807, 2.05) is 17.9 Å². The Kier molecular flexibility index (Phi) is 5.97. The van der Waals surface area contributed by atoms with Crippen molar-refractivity contribution in [1.29, 1.82) is 0 Å². The fourth-order valence-electron chi connectivity index (χ4n) is 4.00. The molecule has 0 radical (unpaired) electrons. The van der Waals surface area contributed by atoms with Crippen LogP contribution in [0.2, 0.25) is 0 Å². The Balaban J connectivity index is 1.56.